The summed E-state index contributed by atoms with van der Waals surface area (Å²) in [6.45, 7) is 3.65. The van der Waals surface area contributed by atoms with Gasteiger partial charge in [-0.3, -0.25) is 14.5 Å². The van der Waals surface area contributed by atoms with Gasteiger partial charge in [-0.15, -0.1) is 11.3 Å². The molecule has 0 bridgehead atoms. The molecule has 0 aliphatic rings. The lowest BCUT2D eigenvalue weighted by Crippen LogP contribution is -2.35. The van der Waals surface area contributed by atoms with Gasteiger partial charge in [0, 0.05) is 11.9 Å². The number of benzene rings is 1. The number of rotatable bonds is 10. The number of thiazole rings is 1. The van der Waals surface area contributed by atoms with Crippen LogP contribution in [-0.2, 0) is 10.0 Å². The summed E-state index contributed by atoms with van der Waals surface area (Å²) in [6, 6.07) is 4.47. The van der Waals surface area contributed by atoms with E-state index in [1.165, 1.54) is 49.8 Å². The van der Waals surface area contributed by atoms with Crippen LogP contribution in [0.1, 0.15) is 35.3 Å². The molecular formula is C20H21F2N5O5S2. The summed E-state index contributed by atoms with van der Waals surface area (Å²) >= 11 is 1.05. The Hall–Kier alpha value is -3.23. The van der Waals surface area contributed by atoms with Crippen molar-refractivity contribution in [3.63, 3.8) is 0 Å². The number of sulfonamides is 1. The molecule has 2 aromatic heterocycles. The number of nitrogens with one attached hydrogen (secondary N) is 2. The second kappa shape index (κ2) is 10.8. The highest BCUT2D eigenvalue weighted by Gasteiger charge is 2.26. The molecule has 3 rings (SSSR count). The van der Waals surface area contributed by atoms with Crippen molar-refractivity contribution in [2.75, 3.05) is 11.3 Å². The first-order chi connectivity index (χ1) is 16.1. The zero-order valence-electron chi connectivity index (χ0n) is 18.0. The van der Waals surface area contributed by atoms with Gasteiger partial charge in [-0.1, -0.05) is 12.1 Å². The van der Waals surface area contributed by atoms with Crippen LogP contribution in [0.4, 0.5) is 14.5 Å². The van der Waals surface area contributed by atoms with Gasteiger partial charge in [0.2, 0.25) is 5.88 Å². The number of aliphatic hydroxyl groups is 1. The summed E-state index contributed by atoms with van der Waals surface area (Å²) in [5.41, 5.74) is 0.625. The number of amides is 1. The molecule has 3 aromatic rings. The molecular weight excluding hydrogens is 492 g/mol. The van der Waals surface area contributed by atoms with Gasteiger partial charge >= 0.3 is 5.76 Å². The minimum Gasteiger partial charge on any atom is -0.477 e. The van der Waals surface area contributed by atoms with Crippen LogP contribution in [0.15, 0.2) is 42.9 Å². The maximum absolute atomic E-state index is 12.8. The van der Waals surface area contributed by atoms with Crippen molar-refractivity contribution in [2.24, 2.45) is 0 Å². The maximum Gasteiger partial charge on any atom is 0.355 e. The number of carbonyl (C=O) groups excluding carboxylic acids is 1. The van der Waals surface area contributed by atoms with Gasteiger partial charge in [-0.2, -0.15) is 8.78 Å². The number of alkyl halides is 2. The van der Waals surface area contributed by atoms with Crippen LogP contribution in [0.25, 0.3) is 10.6 Å². The maximum atomic E-state index is 12.8. The molecule has 0 spiro atoms. The SMILES string of the molecule is CCOc1cncc(-c2cnc(C(=O)N[C@@H](c3cccc(NS(=O)(=O)C(F)F)c3)[C@H](C)O)s2)n1. The molecule has 2 atom stereocenters. The molecule has 14 heteroatoms. The number of nitrogens with zero attached hydrogens (tertiary/aromatic N) is 3. The van der Waals surface area contributed by atoms with Gasteiger partial charge < -0.3 is 15.2 Å². The molecule has 34 heavy (non-hydrogen) atoms. The Morgan fingerprint density at radius 3 is 2.71 bits per heavy atom. The van der Waals surface area contributed by atoms with E-state index in [-0.39, 0.29) is 10.7 Å². The number of aromatic nitrogens is 3. The molecule has 3 N–H and O–H groups in total. The number of hydrogen-bond donors (Lipinski definition) is 3. The quantitative estimate of drug-likeness (QED) is 0.376. The van der Waals surface area contributed by atoms with Crippen LogP contribution < -0.4 is 14.8 Å². The topological polar surface area (TPSA) is 143 Å². The Labute approximate surface area is 198 Å². The summed E-state index contributed by atoms with van der Waals surface area (Å²) in [5.74, 6) is -3.88. The fourth-order valence-corrected chi connectivity index (χ4v) is 4.19. The average molecular weight is 514 g/mol. The van der Waals surface area contributed by atoms with E-state index < -0.39 is 33.8 Å². The van der Waals surface area contributed by atoms with Crippen LogP contribution in [0, 0.1) is 0 Å². The Kier molecular flexibility index (Phi) is 8.06. The first kappa shape index (κ1) is 25.4. The predicted molar refractivity (Wildman–Crippen MR) is 121 cm³/mol. The Morgan fingerprint density at radius 1 is 1.26 bits per heavy atom. The second-order valence-electron chi connectivity index (χ2n) is 6.93. The fraction of sp³-hybridized carbons (Fsp3) is 0.300. The number of aliphatic hydroxyl groups excluding tert-OH is 1. The summed E-state index contributed by atoms with van der Waals surface area (Å²) < 4.78 is 55.3. The van der Waals surface area contributed by atoms with Crippen molar-refractivity contribution in [3.8, 4) is 16.5 Å². The highest BCUT2D eigenvalue weighted by molar-refractivity contribution is 7.93. The Balaban J connectivity index is 1.79. The third-order valence-corrected chi connectivity index (χ3v) is 6.37. The lowest BCUT2D eigenvalue weighted by atomic mass is 10.0. The number of ether oxygens (including phenoxy) is 1. The monoisotopic (exact) mass is 513 g/mol. The van der Waals surface area contributed by atoms with Crippen LogP contribution in [0.2, 0.25) is 0 Å². The highest BCUT2D eigenvalue weighted by atomic mass is 32.2. The van der Waals surface area contributed by atoms with Crippen molar-refractivity contribution >= 4 is 33.0 Å². The molecule has 0 radical (unpaired) electrons. The summed E-state index contributed by atoms with van der Waals surface area (Å²) in [7, 11) is -4.87. The molecule has 0 aliphatic carbocycles. The second-order valence-corrected chi connectivity index (χ2v) is 9.61. The van der Waals surface area contributed by atoms with Crippen LogP contribution >= 0.6 is 11.3 Å². The van der Waals surface area contributed by atoms with Crippen LogP contribution in [-0.4, -0.2) is 52.9 Å². The molecule has 0 aliphatic heterocycles. The van der Waals surface area contributed by atoms with E-state index in [4.69, 9.17) is 4.74 Å². The van der Waals surface area contributed by atoms with Gasteiger partial charge in [-0.25, -0.2) is 18.4 Å². The summed E-state index contributed by atoms with van der Waals surface area (Å²) in [5, 5.41) is 12.9. The smallest absolute Gasteiger partial charge is 0.355 e. The largest absolute Gasteiger partial charge is 0.477 e. The fourth-order valence-electron chi connectivity index (χ4n) is 2.87. The molecule has 0 saturated carbocycles. The molecule has 10 nitrogen and oxygen atoms in total. The third kappa shape index (κ3) is 6.21. The van der Waals surface area contributed by atoms with Gasteiger partial charge in [0.05, 0.1) is 36.0 Å². The van der Waals surface area contributed by atoms with Crippen LogP contribution in [0.3, 0.4) is 0 Å². The molecule has 0 unspecified atom stereocenters. The predicted octanol–water partition coefficient (Wildman–Crippen LogP) is 2.82. The van der Waals surface area contributed by atoms with Gasteiger partial charge in [0.25, 0.3) is 15.9 Å². The minimum atomic E-state index is -4.87. The minimum absolute atomic E-state index is 0.0822. The first-order valence-corrected chi connectivity index (χ1v) is 12.3. The van der Waals surface area contributed by atoms with Gasteiger partial charge in [0.1, 0.15) is 5.69 Å². The Morgan fingerprint density at radius 2 is 2.03 bits per heavy atom. The first-order valence-electron chi connectivity index (χ1n) is 9.90. The van der Waals surface area contributed by atoms with E-state index in [0.717, 1.165) is 11.3 Å². The molecule has 2 heterocycles. The molecule has 0 fully saturated rings. The molecule has 0 saturated heterocycles. The molecule has 182 valence electrons. The van der Waals surface area contributed by atoms with E-state index in [1.807, 2.05) is 6.92 Å². The normalized spacial score (nSPS) is 13.4. The third-order valence-electron chi connectivity index (χ3n) is 4.37. The van der Waals surface area contributed by atoms with Crippen molar-refractivity contribution < 1.29 is 31.8 Å². The number of halogens is 2. The standard InChI is InChI=1S/C20H21F2N5O5S2/c1-3-32-16-10-23-8-14(25-16)15-9-24-19(33-15)18(29)26-17(11(2)28)12-5-4-6-13(7-12)27-34(30,31)20(21)22/h4-11,17,20,27-28H,3H2,1-2H3,(H,26,29)/t11-,17+/m0/s1. The average Bonchev–Trinajstić information content (AvgIpc) is 3.28. The van der Waals surface area contributed by atoms with Crippen molar-refractivity contribution in [1.82, 2.24) is 20.3 Å². The van der Waals surface area contributed by atoms with Crippen LogP contribution in [0.5, 0.6) is 5.88 Å². The lowest BCUT2D eigenvalue weighted by Gasteiger charge is -2.22. The number of anilines is 1. The lowest BCUT2D eigenvalue weighted by molar-refractivity contribution is 0.0858. The highest BCUT2D eigenvalue weighted by Crippen LogP contribution is 2.27. The van der Waals surface area contributed by atoms with E-state index in [0.29, 0.717) is 28.6 Å². The zero-order valence-corrected chi connectivity index (χ0v) is 19.6. The van der Waals surface area contributed by atoms with E-state index in [9.17, 15) is 27.1 Å². The Bertz CT molecular complexity index is 1250. The summed E-state index contributed by atoms with van der Waals surface area (Å²) in [4.78, 5) is 25.8. The zero-order chi connectivity index (χ0) is 24.9. The van der Waals surface area contributed by atoms with E-state index >= 15 is 0 Å². The van der Waals surface area contributed by atoms with Crippen molar-refractivity contribution in [1.29, 1.82) is 0 Å². The summed E-state index contributed by atoms with van der Waals surface area (Å²) in [6.07, 6.45) is 3.32. The number of hydrogen-bond acceptors (Lipinski definition) is 9. The van der Waals surface area contributed by atoms with Crippen molar-refractivity contribution in [3.05, 3.63) is 53.4 Å². The molecule has 1 amide bonds. The van der Waals surface area contributed by atoms with Crippen molar-refractivity contribution in [2.45, 2.75) is 31.8 Å². The number of carbonyl (C=O) groups is 1. The van der Waals surface area contributed by atoms with E-state index in [2.05, 4.69) is 20.3 Å². The van der Waals surface area contributed by atoms with Gasteiger partial charge in [-0.05, 0) is 31.5 Å². The van der Waals surface area contributed by atoms with Gasteiger partial charge in [0.15, 0.2) is 5.01 Å². The van der Waals surface area contributed by atoms with E-state index in [1.54, 1.807) is 4.72 Å². The molecule has 1 aromatic carbocycles.